The largest absolute Gasteiger partial charge is 0.454 e. The van der Waals surface area contributed by atoms with Crippen LogP contribution in [0.5, 0.6) is 0 Å². The number of hydrogen-bond donors (Lipinski definition) is 0. The Hall–Kier alpha value is -7.88. The Bertz CT molecular complexity index is 3240. The van der Waals surface area contributed by atoms with Crippen LogP contribution in [-0.2, 0) is 0 Å². The molecule has 0 aliphatic carbocycles. The Morgan fingerprint density at radius 2 is 0.729 bits per heavy atom. The molecule has 59 heavy (non-hydrogen) atoms. The predicted octanol–water partition coefficient (Wildman–Crippen LogP) is 16.2. The van der Waals surface area contributed by atoms with E-state index in [1.807, 2.05) is 12.1 Å². The van der Waals surface area contributed by atoms with Crippen molar-refractivity contribution < 1.29 is 4.42 Å². The van der Waals surface area contributed by atoms with Crippen LogP contribution in [0.2, 0.25) is 0 Å². The van der Waals surface area contributed by atoms with Crippen molar-refractivity contribution in [3.05, 3.63) is 231 Å². The molecule has 0 bridgehead atoms. The number of furan rings is 1. The fraction of sp³-hybridized carbons (Fsp3) is 0. The first kappa shape index (κ1) is 34.4. The Kier molecular flexibility index (Phi) is 8.49. The second kappa shape index (κ2) is 14.6. The molecule has 0 N–H and O–H groups in total. The van der Waals surface area contributed by atoms with E-state index in [0.717, 1.165) is 67.2 Å². The zero-order valence-electron chi connectivity index (χ0n) is 32.2. The Morgan fingerprint density at radius 3 is 1.39 bits per heavy atom. The number of fused-ring (bicyclic) bond motifs is 6. The van der Waals surface area contributed by atoms with Gasteiger partial charge in [-0.05, 0) is 117 Å². The number of nitrogens with zero attached hydrogens (tertiary/aromatic N) is 2. The van der Waals surface area contributed by atoms with Gasteiger partial charge in [-0.25, -0.2) is 0 Å². The fourth-order valence-corrected chi connectivity index (χ4v) is 8.53. The first-order valence-electron chi connectivity index (χ1n) is 20.1. The van der Waals surface area contributed by atoms with Crippen molar-refractivity contribution in [3.63, 3.8) is 0 Å². The van der Waals surface area contributed by atoms with E-state index in [-0.39, 0.29) is 0 Å². The maximum atomic E-state index is 6.58. The average Bonchev–Trinajstić information content (AvgIpc) is 3.70. The summed E-state index contributed by atoms with van der Waals surface area (Å²) < 4.78 is 6.58. The lowest BCUT2D eigenvalue weighted by molar-refractivity contribution is 0.669. The lowest BCUT2D eigenvalue weighted by atomic mass is 10.0. The molecular formula is C56H38N2O. The van der Waals surface area contributed by atoms with Gasteiger partial charge in [0.05, 0.1) is 5.69 Å². The van der Waals surface area contributed by atoms with Gasteiger partial charge in [0.1, 0.15) is 5.58 Å². The number of rotatable bonds is 8. The van der Waals surface area contributed by atoms with Gasteiger partial charge in [0.25, 0.3) is 0 Å². The van der Waals surface area contributed by atoms with Crippen LogP contribution >= 0.6 is 0 Å². The number of para-hydroxylation sites is 3. The van der Waals surface area contributed by atoms with E-state index in [0.29, 0.717) is 0 Å². The van der Waals surface area contributed by atoms with Gasteiger partial charge in [0, 0.05) is 39.2 Å². The minimum atomic E-state index is 0.864. The highest BCUT2D eigenvalue weighted by atomic mass is 16.3. The quantitative estimate of drug-likeness (QED) is 0.144. The van der Waals surface area contributed by atoms with Gasteiger partial charge in [-0.3, -0.25) is 0 Å². The maximum absolute atomic E-state index is 6.58. The van der Waals surface area contributed by atoms with Gasteiger partial charge >= 0.3 is 0 Å². The van der Waals surface area contributed by atoms with Crippen LogP contribution in [0.1, 0.15) is 0 Å². The zero-order valence-corrected chi connectivity index (χ0v) is 32.2. The monoisotopic (exact) mass is 754 g/mol. The van der Waals surface area contributed by atoms with Crippen molar-refractivity contribution in [2.24, 2.45) is 0 Å². The van der Waals surface area contributed by atoms with Crippen molar-refractivity contribution in [2.45, 2.75) is 0 Å². The minimum Gasteiger partial charge on any atom is -0.454 e. The van der Waals surface area contributed by atoms with Crippen LogP contribution in [0.25, 0.3) is 65.7 Å². The molecule has 0 unspecified atom stereocenters. The van der Waals surface area contributed by atoms with Crippen LogP contribution in [0.15, 0.2) is 235 Å². The summed E-state index contributed by atoms with van der Waals surface area (Å²) >= 11 is 0. The summed E-state index contributed by atoms with van der Waals surface area (Å²) in [6.07, 6.45) is 0. The molecule has 0 radical (unpaired) electrons. The molecule has 0 saturated heterocycles. The van der Waals surface area contributed by atoms with Crippen LogP contribution in [-0.4, -0.2) is 0 Å². The summed E-state index contributed by atoms with van der Waals surface area (Å²) in [5.74, 6) is 0. The molecular weight excluding hydrogens is 717 g/mol. The second-order valence-electron chi connectivity index (χ2n) is 15.0. The molecule has 0 amide bonds. The molecule has 278 valence electrons. The molecule has 10 aromatic carbocycles. The number of anilines is 6. The van der Waals surface area contributed by atoms with Gasteiger partial charge in [-0.2, -0.15) is 0 Å². The van der Waals surface area contributed by atoms with Crippen LogP contribution < -0.4 is 9.80 Å². The topological polar surface area (TPSA) is 19.6 Å². The van der Waals surface area contributed by atoms with Crippen LogP contribution in [0, 0.1) is 0 Å². The number of hydrogen-bond acceptors (Lipinski definition) is 3. The third-order valence-corrected chi connectivity index (χ3v) is 11.4. The van der Waals surface area contributed by atoms with E-state index in [1.165, 1.54) is 32.7 Å². The summed E-state index contributed by atoms with van der Waals surface area (Å²) in [5.41, 5.74) is 12.8. The molecule has 0 fully saturated rings. The molecule has 0 aliphatic heterocycles. The van der Waals surface area contributed by atoms with E-state index in [4.69, 9.17) is 4.42 Å². The van der Waals surface area contributed by atoms with Gasteiger partial charge in [-0.15, -0.1) is 0 Å². The summed E-state index contributed by atoms with van der Waals surface area (Å²) in [7, 11) is 0. The van der Waals surface area contributed by atoms with Gasteiger partial charge in [0.2, 0.25) is 0 Å². The van der Waals surface area contributed by atoms with Crippen molar-refractivity contribution in [2.75, 3.05) is 9.80 Å². The average molecular weight is 755 g/mol. The van der Waals surface area contributed by atoms with E-state index >= 15 is 0 Å². The van der Waals surface area contributed by atoms with Gasteiger partial charge in [0.15, 0.2) is 5.58 Å². The van der Waals surface area contributed by atoms with E-state index in [2.05, 4.69) is 228 Å². The van der Waals surface area contributed by atoms with Crippen LogP contribution in [0.4, 0.5) is 34.1 Å². The molecule has 3 nitrogen and oxygen atoms in total. The van der Waals surface area contributed by atoms with E-state index in [1.54, 1.807) is 0 Å². The standard InChI is InChI=1S/C56H38N2O/c1-3-12-39(13-4-1)40-26-33-47(34-27-40)58(54-20-11-19-52-51-18-9-10-21-55(51)59-56(52)54)48-35-28-42(29-36-48)41-24-31-46(32-25-41)57(45-15-5-2-6-16-45)49-37-30-44-23-22-43-14-7-8-17-50(43)53(44)38-49/h1-38H. The molecule has 1 heterocycles. The zero-order chi connectivity index (χ0) is 39.1. The van der Waals surface area contributed by atoms with Crippen molar-refractivity contribution >= 4 is 77.6 Å². The highest BCUT2D eigenvalue weighted by Crippen LogP contribution is 2.43. The normalized spacial score (nSPS) is 11.4. The Morgan fingerprint density at radius 1 is 0.271 bits per heavy atom. The highest BCUT2D eigenvalue weighted by Gasteiger charge is 2.20. The van der Waals surface area contributed by atoms with Crippen molar-refractivity contribution in [1.29, 1.82) is 0 Å². The lowest BCUT2D eigenvalue weighted by Gasteiger charge is -2.26. The summed E-state index contributed by atoms with van der Waals surface area (Å²) in [5, 5.41) is 7.20. The van der Waals surface area contributed by atoms with Crippen LogP contribution in [0.3, 0.4) is 0 Å². The summed E-state index contributed by atoms with van der Waals surface area (Å²) in [6, 6.07) is 82.3. The summed E-state index contributed by atoms with van der Waals surface area (Å²) in [6.45, 7) is 0. The van der Waals surface area contributed by atoms with E-state index < -0.39 is 0 Å². The first-order chi connectivity index (χ1) is 29.2. The van der Waals surface area contributed by atoms with Crippen molar-refractivity contribution in [3.8, 4) is 22.3 Å². The molecule has 0 saturated carbocycles. The molecule has 1 aromatic heterocycles. The molecule has 11 aromatic rings. The molecule has 0 aliphatic rings. The molecule has 11 rings (SSSR count). The lowest BCUT2D eigenvalue weighted by Crippen LogP contribution is -2.10. The number of benzene rings is 10. The molecule has 3 heteroatoms. The molecule has 0 atom stereocenters. The fourth-order valence-electron chi connectivity index (χ4n) is 8.53. The first-order valence-corrected chi connectivity index (χ1v) is 20.1. The summed E-state index contributed by atoms with van der Waals surface area (Å²) in [4.78, 5) is 4.64. The predicted molar refractivity (Wildman–Crippen MR) is 249 cm³/mol. The van der Waals surface area contributed by atoms with Crippen molar-refractivity contribution in [1.82, 2.24) is 0 Å². The smallest absolute Gasteiger partial charge is 0.159 e. The Balaban J connectivity index is 0.963. The Labute approximate surface area is 343 Å². The maximum Gasteiger partial charge on any atom is 0.159 e. The van der Waals surface area contributed by atoms with Gasteiger partial charge < -0.3 is 14.2 Å². The third-order valence-electron chi connectivity index (χ3n) is 11.4. The van der Waals surface area contributed by atoms with Gasteiger partial charge in [-0.1, -0.05) is 158 Å². The minimum absolute atomic E-state index is 0.864. The third kappa shape index (κ3) is 6.26. The second-order valence-corrected chi connectivity index (χ2v) is 15.0. The highest BCUT2D eigenvalue weighted by molar-refractivity contribution is 6.11. The SMILES string of the molecule is c1ccc(-c2ccc(N(c3ccc(-c4ccc(N(c5ccccc5)c5ccc6ccc7ccccc7c6c5)cc4)cc3)c3cccc4c3oc3ccccc34)cc2)cc1. The molecule has 0 spiro atoms. The van der Waals surface area contributed by atoms with E-state index in [9.17, 15) is 0 Å².